The van der Waals surface area contributed by atoms with E-state index in [2.05, 4.69) is 37.9 Å². The molecule has 0 aliphatic carbocycles. The standard InChI is InChI=1S/C14H30N2/c1-5-7-10-16(13(4)6-2)14-8-9-15-11-12(14)3/h12-15H,5-11H2,1-4H3. The van der Waals surface area contributed by atoms with Crippen molar-refractivity contribution in [2.45, 2.75) is 65.5 Å². The summed E-state index contributed by atoms with van der Waals surface area (Å²) in [7, 11) is 0. The summed E-state index contributed by atoms with van der Waals surface area (Å²) >= 11 is 0. The Bertz CT molecular complexity index is 182. The topological polar surface area (TPSA) is 15.3 Å². The van der Waals surface area contributed by atoms with E-state index < -0.39 is 0 Å². The van der Waals surface area contributed by atoms with Gasteiger partial charge in [0.05, 0.1) is 0 Å². The molecule has 3 unspecified atom stereocenters. The molecule has 0 amide bonds. The maximum absolute atomic E-state index is 3.51. The molecule has 1 saturated heterocycles. The van der Waals surface area contributed by atoms with Gasteiger partial charge >= 0.3 is 0 Å². The Hall–Kier alpha value is -0.0800. The van der Waals surface area contributed by atoms with Gasteiger partial charge in [0.25, 0.3) is 0 Å². The van der Waals surface area contributed by atoms with Crippen LogP contribution in [-0.4, -0.2) is 36.6 Å². The van der Waals surface area contributed by atoms with Crippen LogP contribution in [0.15, 0.2) is 0 Å². The van der Waals surface area contributed by atoms with Gasteiger partial charge in [0.2, 0.25) is 0 Å². The molecule has 0 radical (unpaired) electrons. The van der Waals surface area contributed by atoms with E-state index in [0.717, 1.165) is 18.0 Å². The Labute approximate surface area is 102 Å². The number of rotatable bonds is 6. The smallest absolute Gasteiger partial charge is 0.0148 e. The number of hydrogen-bond acceptors (Lipinski definition) is 2. The number of unbranched alkanes of at least 4 members (excludes halogenated alkanes) is 1. The van der Waals surface area contributed by atoms with E-state index in [0.29, 0.717) is 0 Å². The molecule has 2 nitrogen and oxygen atoms in total. The van der Waals surface area contributed by atoms with Gasteiger partial charge in [-0.05, 0) is 51.7 Å². The Morgan fingerprint density at radius 1 is 1.38 bits per heavy atom. The second-order valence-electron chi connectivity index (χ2n) is 5.39. The van der Waals surface area contributed by atoms with E-state index in [1.807, 2.05) is 0 Å². The van der Waals surface area contributed by atoms with Crippen molar-refractivity contribution in [2.75, 3.05) is 19.6 Å². The molecule has 0 bridgehead atoms. The zero-order valence-corrected chi connectivity index (χ0v) is 11.6. The van der Waals surface area contributed by atoms with Crippen LogP contribution in [0.5, 0.6) is 0 Å². The van der Waals surface area contributed by atoms with Crippen LogP contribution in [0.25, 0.3) is 0 Å². The van der Waals surface area contributed by atoms with Gasteiger partial charge in [-0.15, -0.1) is 0 Å². The zero-order valence-electron chi connectivity index (χ0n) is 11.6. The summed E-state index contributed by atoms with van der Waals surface area (Å²) in [6.45, 7) is 13.1. The van der Waals surface area contributed by atoms with Crippen molar-refractivity contribution < 1.29 is 0 Å². The minimum absolute atomic E-state index is 0.747. The van der Waals surface area contributed by atoms with Crippen molar-refractivity contribution in [3.8, 4) is 0 Å². The van der Waals surface area contributed by atoms with Gasteiger partial charge in [-0.1, -0.05) is 27.2 Å². The maximum atomic E-state index is 3.51. The molecule has 1 aliphatic rings. The van der Waals surface area contributed by atoms with E-state index in [1.165, 1.54) is 45.3 Å². The second kappa shape index (κ2) is 7.29. The average Bonchev–Trinajstić information content (AvgIpc) is 2.31. The zero-order chi connectivity index (χ0) is 12.0. The van der Waals surface area contributed by atoms with E-state index in [4.69, 9.17) is 0 Å². The number of nitrogens with zero attached hydrogens (tertiary/aromatic N) is 1. The van der Waals surface area contributed by atoms with Gasteiger partial charge < -0.3 is 5.32 Å². The highest BCUT2D eigenvalue weighted by Crippen LogP contribution is 2.21. The third-order valence-corrected chi connectivity index (χ3v) is 4.09. The molecule has 0 aromatic heterocycles. The molecular weight excluding hydrogens is 196 g/mol. The first-order valence-corrected chi connectivity index (χ1v) is 7.17. The van der Waals surface area contributed by atoms with Crippen molar-refractivity contribution in [3.63, 3.8) is 0 Å². The third-order valence-electron chi connectivity index (χ3n) is 4.09. The Morgan fingerprint density at radius 3 is 2.69 bits per heavy atom. The molecule has 1 N–H and O–H groups in total. The number of hydrogen-bond donors (Lipinski definition) is 1. The summed E-state index contributed by atoms with van der Waals surface area (Å²) in [4.78, 5) is 2.77. The van der Waals surface area contributed by atoms with Crippen molar-refractivity contribution >= 4 is 0 Å². The lowest BCUT2D eigenvalue weighted by atomic mass is 9.92. The van der Waals surface area contributed by atoms with Crippen molar-refractivity contribution in [1.82, 2.24) is 10.2 Å². The van der Waals surface area contributed by atoms with Gasteiger partial charge in [0.1, 0.15) is 0 Å². The monoisotopic (exact) mass is 226 g/mol. The van der Waals surface area contributed by atoms with Crippen LogP contribution >= 0.6 is 0 Å². The molecule has 16 heavy (non-hydrogen) atoms. The molecule has 1 fully saturated rings. The average molecular weight is 226 g/mol. The van der Waals surface area contributed by atoms with E-state index in [9.17, 15) is 0 Å². The first-order valence-electron chi connectivity index (χ1n) is 7.17. The van der Waals surface area contributed by atoms with Crippen LogP contribution in [0, 0.1) is 5.92 Å². The summed E-state index contributed by atoms with van der Waals surface area (Å²) < 4.78 is 0. The molecule has 0 spiro atoms. The van der Waals surface area contributed by atoms with Crippen LogP contribution in [0.2, 0.25) is 0 Å². The summed E-state index contributed by atoms with van der Waals surface area (Å²) in [6.07, 6.45) is 5.27. The van der Waals surface area contributed by atoms with Crippen LogP contribution in [-0.2, 0) is 0 Å². The Balaban J connectivity index is 2.57. The fraction of sp³-hybridized carbons (Fsp3) is 1.00. The summed E-state index contributed by atoms with van der Waals surface area (Å²) in [5.74, 6) is 0.805. The SMILES string of the molecule is CCCCN(C(C)CC)C1CCNCC1C. The van der Waals surface area contributed by atoms with Crippen molar-refractivity contribution in [3.05, 3.63) is 0 Å². The predicted octanol–water partition coefficient (Wildman–Crippen LogP) is 2.89. The largest absolute Gasteiger partial charge is 0.316 e. The Morgan fingerprint density at radius 2 is 2.12 bits per heavy atom. The Kier molecular flexibility index (Phi) is 6.37. The lowest BCUT2D eigenvalue weighted by Gasteiger charge is -2.42. The quantitative estimate of drug-likeness (QED) is 0.749. The first kappa shape index (κ1) is 14.0. The fourth-order valence-corrected chi connectivity index (χ4v) is 2.78. The maximum Gasteiger partial charge on any atom is 0.0148 e. The molecule has 96 valence electrons. The van der Waals surface area contributed by atoms with Crippen LogP contribution < -0.4 is 5.32 Å². The minimum atomic E-state index is 0.747. The van der Waals surface area contributed by atoms with Crippen LogP contribution in [0.4, 0.5) is 0 Å². The highest BCUT2D eigenvalue weighted by atomic mass is 15.2. The first-order chi connectivity index (χ1) is 7.70. The van der Waals surface area contributed by atoms with Crippen LogP contribution in [0.1, 0.15) is 53.4 Å². The number of nitrogens with one attached hydrogen (secondary N) is 1. The van der Waals surface area contributed by atoms with Gasteiger partial charge in [0.15, 0.2) is 0 Å². The highest BCUT2D eigenvalue weighted by molar-refractivity contribution is 4.85. The molecule has 0 saturated carbocycles. The van der Waals surface area contributed by atoms with E-state index >= 15 is 0 Å². The summed E-state index contributed by atoms with van der Waals surface area (Å²) in [5.41, 5.74) is 0. The normalized spacial score (nSPS) is 28.3. The molecule has 1 aliphatic heterocycles. The predicted molar refractivity (Wildman–Crippen MR) is 71.8 cm³/mol. The van der Waals surface area contributed by atoms with Gasteiger partial charge in [-0.2, -0.15) is 0 Å². The summed E-state index contributed by atoms with van der Waals surface area (Å²) in [6, 6.07) is 1.56. The molecule has 3 atom stereocenters. The third kappa shape index (κ3) is 3.74. The molecule has 0 aromatic rings. The lowest BCUT2D eigenvalue weighted by Crippen LogP contribution is -2.51. The van der Waals surface area contributed by atoms with Crippen molar-refractivity contribution in [2.24, 2.45) is 5.92 Å². The molecule has 2 heteroatoms. The molecule has 0 aromatic carbocycles. The van der Waals surface area contributed by atoms with Crippen LogP contribution in [0.3, 0.4) is 0 Å². The fourth-order valence-electron chi connectivity index (χ4n) is 2.78. The van der Waals surface area contributed by atoms with Gasteiger partial charge in [-0.3, -0.25) is 4.90 Å². The summed E-state index contributed by atoms with van der Waals surface area (Å²) in [5, 5.41) is 3.51. The molecule has 1 heterocycles. The minimum Gasteiger partial charge on any atom is -0.316 e. The highest BCUT2D eigenvalue weighted by Gasteiger charge is 2.28. The lowest BCUT2D eigenvalue weighted by molar-refractivity contribution is 0.0789. The van der Waals surface area contributed by atoms with Gasteiger partial charge in [-0.25, -0.2) is 0 Å². The number of piperidine rings is 1. The van der Waals surface area contributed by atoms with E-state index in [1.54, 1.807) is 0 Å². The second-order valence-corrected chi connectivity index (χ2v) is 5.39. The van der Waals surface area contributed by atoms with Gasteiger partial charge in [0, 0.05) is 12.1 Å². The molecule has 1 rings (SSSR count). The van der Waals surface area contributed by atoms with Crippen molar-refractivity contribution in [1.29, 1.82) is 0 Å². The van der Waals surface area contributed by atoms with E-state index in [-0.39, 0.29) is 0 Å². The molecular formula is C14H30N2.